The van der Waals surface area contributed by atoms with Crippen LogP contribution in [0.2, 0.25) is 0 Å². The molecule has 0 aromatic carbocycles. The lowest BCUT2D eigenvalue weighted by molar-refractivity contribution is -0.144. The molecule has 0 saturated carbocycles. The molecule has 0 bridgehead atoms. The predicted octanol–water partition coefficient (Wildman–Crippen LogP) is 0.871. The van der Waals surface area contributed by atoms with Gasteiger partial charge >= 0.3 is 5.97 Å². The van der Waals surface area contributed by atoms with Crippen LogP contribution in [0.3, 0.4) is 0 Å². The zero-order chi connectivity index (χ0) is 11.8. The normalized spacial score (nSPS) is 19.4. The van der Waals surface area contributed by atoms with Crippen LogP contribution in [-0.4, -0.2) is 50.7 Å². The Labute approximate surface area is 98.3 Å². The second kappa shape index (κ2) is 7.63. The number of rotatable bonds is 6. The Balaban J connectivity index is 2.00. The summed E-state index contributed by atoms with van der Waals surface area (Å²) in [5.41, 5.74) is 0. The molecule has 1 fully saturated rings. The summed E-state index contributed by atoms with van der Waals surface area (Å²) in [5.74, 6) is -0.183. The highest BCUT2D eigenvalue weighted by atomic mass is 16.5. The van der Waals surface area contributed by atoms with Crippen molar-refractivity contribution in [2.75, 3.05) is 39.8 Å². The minimum Gasteiger partial charge on any atom is -0.469 e. The maximum Gasteiger partial charge on any atom is 0.309 e. The summed E-state index contributed by atoms with van der Waals surface area (Å²) in [6.45, 7) is 7.11. The average Bonchev–Trinajstić information content (AvgIpc) is 2.34. The first-order valence-electron chi connectivity index (χ1n) is 6.25. The van der Waals surface area contributed by atoms with E-state index in [0.717, 1.165) is 13.1 Å². The highest BCUT2D eigenvalue weighted by molar-refractivity contribution is 5.71. The van der Waals surface area contributed by atoms with Gasteiger partial charge in [-0.1, -0.05) is 13.3 Å². The number of esters is 1. The summed E-state index contributed by atoms with van der Waals surface area (Å²) < 4.78 is 4.67. The van der Waals surface area contributed by atoms with Crippen molar-refractivity contribution in [1.82, 2.24) is 10.2 Å². The second-order valence-electron chi connectivity index (χ2n) is 4.53. The van der Waals surface area contributed by atoms with Crippen LogP contribution < -0.4 is 5.32 Å². The molecule has 4 nitrogen and oxygen atoms in total. The molecule has 1 atom stereocenters. The summed E-state index contributed by atoms with van der Waals surface area (Å²) in [7, 11) is 1.44. The third-order valence-electron chi connectivity index (χ3n) is 3.11. The van der Waals surface area contributed by atoms with Crippen molar-refractivity contribution in [2.24, 2.45) is 5.92 Å². The number of nitrogens with one attached hydrogen (secondary N) is 1. The van der Waals surface area contributed by atoms with Crippen molar-refractivity contribution in [3.63, 3.8) is 0 Å². The van der Waals surface area contributed by atoms with Gasteiger partial charge in [-0.3, -0.25) is 4.79 Å². The van der Waals surface area contributed by atoms with Crippen LogP contribution in [0.4, 0.5) is 0 Å². The van der Waals surface area contributed by atoms with E-state index in [9.17, 15) is 4.79 Å². The lowest BCUT2D eigenvalue weighted by atomic mass is 10.1. The number of ether oxygens (including phenoxy) is 1. The van der Waals surface area contributed by atoms with E-state index in [1.807, 2.05) is 6.92 Å². The van der Waals surface area contributed by atoms with E-state index in [1.165, 1.54) is 39.5 Å². The lowest BCUT2D eigenvalue weighted by Crippen LogP contribution is -2.37. The van der Waals surface area contributed by atoms with E-state index in [0.29, 0.717) is 6.54 Å². The summed E-state index contributed by atoms with van der Waals surface area (Å²) in [6, 6.07) is 0. The van der Waals surface area contributed by atoms with Gasteiger partial charge < -0.3 is 15.0 Å². The fraction of sp³-hybridized carbons (Fsp3) is 0.917. The zero-order valence-electron chi connectivity index (χ0n) is 10.5. The van der Waals surface area contributed by atoms with Crippen molar-refractivity contribution >= 4 is 5.97 Å². The van der Waals surface area contributed by atoms with Gasteiger partial charge in [0, 0.05) is 19.6 Å². The average molecular weight is 228 g/mol. The van der Waals surface area contributed by atoms with Crippen LogP contribution in [0, 0.1) is 5.92 Å². The van der Waals surface area contributed by atoms with E-state index < -0.39 is 0 Å². The van der Waals surface area contributed by atoms with E-state index in [4.69, 9.17) is 0 Å². The van der Waals surface area contributed by atoms with E-state index in [-0.39, 0.29) is 11.9 Å². The Hall–Kier alpha value is -0.610. The number of likely N-dealkylation sites (tertiary alicyclic amines) is 1. The number of carbonyl (C=O) groups is 1. The van der Waals surface area contributed by atoms with Gasteiger partial charge in [-0.25, -0.2) is 0 Å². The SMILES string of the molecule is COC(=O)[C@@H](C)CNCCN1CCCCC1. The number of hydrogen-bond donors (Lipinski definition) is 1. The van der Waals surface area contributed by atoms with Crippen LogP contribution in [0.15, 0.2) is 0 Å². The molecule has 1 N–H and O–H groups in total. The van der Waals surface area contributed by atoms with Crippen molar-refractivity contribution in [3.8, 4) is 0 Å². The summed E-state index contributed by atoms with van der Waals surface area (Å²) in [4.78, 5) is 13.6. The van der Waals surface area contributed by atoms with Crippen LogP contribution in [-0.2, 0) is 9.53 Å². The molecule has 16 heavy (non-hydrogen) atoms. The van der Waals surface area contributed by atoms with Crippen LogP contribution in [0.5, 0.6) is 0 Å². The number of methoxy groups -OCH3 is 1. The minimum absolute atomic E-state index is 0.0497. The topological polar surface area (TPSA) is 41.6 Å². The first-order valence-corrected chi connectivity index (χ1v) is 6.25. The van der Waals surface area contributed by atoms with Crippen LogP contribution >= 0.6 is 0 Å². The van der Waals surface area contributed by atoms with Gasteiger partial charge in [0.25, 0.3) is 0 Å². The molecular formula is C12H24N2O2. The fourth-order valence-electron chi connectivity index (χ4n) is 2.02. The minimum atomic E-state index is -0.134. The maximum absolute atomic E-state index is 11.1. The molecule has 0 unspecified atom stereocenters. The molecule has 1 aliphatic rings. The number of nitrogens with zero attached hydrogens (tertiary/aromatic N) is 1. The van der Waals surface area contributed by atoms with Gasteiger partial charge in [-0.2, -0.15) is 0 Å². The van der Waals surface area contributed by atoms with E-state index in [1.54, 1.807) is 0 Å². The van der Waals surface area contributed by atoms with Crippen molar-refractivity contribution in [1.29, 1.82) is 0 Å². The van der Waals surface area contributed by atoms with Gasteiger partial charge in [0.2, 0.25) is 0 Å². The largest absolute Gasteiger partial charge is 0.469 e. The Kier molecular flexibility index (Phi) is 6.42. The van der Waals surface area contributed by atoms with Gasteiger partial charge in [-0.15, -0.1) is 0 Å². The van der Waals surface area contributed by atoms with Crippen molar-refractivity contribution in [2.45, 2.75) is 26.2 Å². The van der Waals surface area contributed by atoms with Crippen molar-refractivity contribution < 1.29 is 9.53 Å². The Morgan fingerprint density at radius 3 is 2.69 bits per heavy atom. The molecule has 1 saturated heterocycles. The predicted molar refractivity (Wildman–Crippen MR) is 64.3 cm³/mol. The molecule has 0 aliphatic carbocycles. The summed E-state index contributed by atoms with van der Waals surface area (Å²) in [5, 5.41) is 3.31. The number of carbonyl (C=O) groups excluding carboxylic acids is 1. The van der Waals surface area contributed by atoms with Gasteiger partial charge in [-0.05, 0) is 25.9 Å². The number of piperidine rings is 1. The molecule has 0 aromatic rings. The first kappa shape index (κ1) is 13.5. The van der Waals surface area contributed by atoms with Crippen LogP contribution in [0.25, 0.3) is 0 Å². The fourth-order valence-corrected chi connectivity index (χ4v) is 2.02. The summed E-state index contributed by atoms with van der Waals surface area (Å²) in [6.07, 6.45) is 4.04. The quantitative estimate of drug-likeness (QED) is 0.541. The molecule has 94 valence electrons. The Morgan fingerprint density at radius 2 is 2.06 bits per heavy atom. The second-order valence-corrected chi connectivity index (χ2v) is 4.53. The zero-order valence-corrected chi connectivity index (χ0v) is 10.5. The molecule has 0 radical (unpaired) electrons. The molecule has 1 heterocycles. The third kappa shape index (κ3) is 4.94. The molecule has 1 rings (SSSR count). The molecule has 0 amide bonds. The van der Waals surface area contributed by atoms with Gasteiger partial charge in [0.15, 0.2) is 0 Å². The highest BCUT2D eigenvalue weighted by Gasteiger charge is 2.13. The number of hydrogen-bond acceptors (Lipinski definition) is 4. The molecule has 1 aliphatic heterocycles. The smallest absolute Gasteiger partial charge is 0.309 e. The molecule has 0 aromatic heterocycles. The monoisotopic (exact) mass is 228 g/mol. The van der Waals surface area contributed by atoms with Crippen molar-refractivity contribution in [3.05, 3.63) is 0 Å². The van der Waals surface area contributed by atoms with Gasteiger partial charge in [0.05, 0.1) is 13.0 Å². The van der Waals surface area contributed by atoms with Gasteiger partial charge in [0.1, 0.15) is 0 Å². The molecule has 4 heteroatoms. The summed E-state index contributed by atoms with van der Waals surface area (Å²) >= 11 is 0. The molecule has 0 spiro atoms. The Bertz CT molecular complexity index is 203. The Morgan fingerprint density at radius 1 is 1.38 bits per heavy atom. The van der Waals surface area contributed by atoms with E-state index in [2.05, 4.69) is 15.0 Å². The van der Waals surface area contributed by atoms with Crippen LogP contribution in [0.1, 0.15) is 26.2 Å². The highest BCUT2D eigenvalue weighted by Crippen LogP contribution is 2.07. The maximum atomic E-state index is 11.1. The standard InChI is InChI=1S/C12H24N2O2/c1-11(12(15)16-2)10-13-6-9-14-7-4-3-5-8-14/h11,13H,3-10H2,1-2H3/t11-/m0/s1. The first-order chi connectivity index (χ1) is 7.74. The lowest BCUT2D eigenvalue weighted by Gasteiger charge is -2.26. The third-order valence-corrected chi connectivity index (χ3v) is 3.11. The molecular weight excluding hydrogens is 204 g/mol. The van der Waals surface area contributed by atoms with E-state index >= 15 is 0 Å².